The summed E-state index contributed by atoms with van der Waals surface area (Å²) >= 11 is 5.09. The van der Waals surface area contributed by atoms with Crippen molar-refractivity contribution in [3.63, 3.8) is 0 Å². The van der Waals surface area contributed by atoms with E-state index in [1.165, 1.54) is 12.0 Å². The third-order valence-corrected chi connectivity index (χ3v) is 4.00. The van der Waals surface area contributed by atoms with Gasteiger partial charge in [0.15, 0.2) is 0 Å². The van der Waals surface area contributed by atoms with Crippen molar-refractivity contribution in [3.8, 4) is 0 Å². The zero-order valence-electron chi connectivity index (χ0n) is 9.12. The van der Waals surface area contributed by atoms with Gasteiger partial charge in [-0.05, 0) is 40.4 Å². The molecule has 0 amide bonds. The maximum atomic E-state index is 11.5. The fraction of sp³-hybridized carbons (Fsp3) is 0.545. The first kappa shape index (κ1) is 12.7. The molecule has 0 N–H and O–H groups in total. The minimum absolute atomic E-state index is 0.0412. The van der Waals surface area contributed by atoms with Crippen molar-refractivity contribution < 1.29 is 9.53 Å². The van der Waals surface area contributed by atoms with Crippen molar-refractivity contribution in [2.75, 3.05) is 7.11 Å². The van der Waals surface area contributed by atoms with Crippen molar-refractivity contribution >= 4 is 33.2 Å². The van der Waals surface area contributed by atoms with Gasteiger partial charge in [-0.25, -0.2) is 0 Å². The highest BCUT2D eigenvalue weighted by Crippen LogP contribution is 2.27. The van der Waals surface area contributed by atoms with Crippen LogP contribution in [0.5, 0.6) is 0 Å². The van der Waals surface area contributed by atoms with Crippen molar-refractivity contribution in [2.45, 2.75) is 20.3 Å². The number of carbonyl (C=O) groups excluding carboxylic acids is 1. The Morgan fingerprint density at radius 1 is 1.53 bits per heavy atom. The van der Waals surface area contributed by atoms with E-state index in [-0.39, 0.29) is 11.9 Å². The van der Waals surface area contributed by atoms with E-state index in [9.17, 15) is 4.79 Å². The van der Waals surface area contributed by atoms with E-state index < -0.39 is 0 Å². The maximum Gasteiger partial charge on any atom is 0.309 e. The van der Waals surface area contributed by atoms with E-state index >= 15 is 0 Å². The van der Waals surface area contributed by atoms with E-state index in [1.807, 2.05) is 26.0 Å². The molecule has 2 nitrogen and oxygen atoms in total. The molecule has 4 heteroatoms. The van der Waals surface area contributed by atoms with Crippen molar-refractivity contribution in [2.24, 2.45) is 11.8 Å². The van der Waals surface area contributed by atoms with E-state index in [0.29, 0.717) is 5.92 Å². The molecular formula is C11H15BrO2S. The van der Waals surface area contributed by atoms with Gasteiger partial charge in [-0.15, -0.1) is 11.3 Å². The first-order valence-electron chi connectivity index (χ1n) is 4.86. The van der Waals surface area contributed by atoms with Gasteiger partial charge in [0, 0.05) is 4.88 Å². The van der Waals surface area contributed by atoms with Gasteiger partial charge in [0.2, 0.25) is 0 Å². The molecule has 0 fully saturated rings. The van der Waals surface area contributed by atoms with Gasteiger partial charge >= 0.3 is 5.97 Å². The van der Waals surface area contributed by atoms with Crippen LogP contribution in [0, 0.1) is 11.8 Å². The third kappa shape index (κ3) is 3.61. The Labute approximate surface area is 103 Å². The number of thiophene rings is 1. The second-order valence-electron chi connectivity index (χ2n) is 3.78. The van der Waals surface area contributed by atoms with E-state index in [0.717, 1.165) is 10.2 Å². The summed E-state index contributed by atoms with van der Waals surface area (Å²) in [5.74, 6) is 0.147. The molecule has 0 aliphatic carbocycles. The summed E-state index contributed by atoms with van der Waals surface area (Å²) in [6, 6.07) is 4.06. The SMILES string of the molecule is COC(=O)C(Cc1ccc(Br)s1)C(C)C. The lowest BCUT2D eigenvalue weighted by atomic mass is 9.92. The second-order valence-corrected chi connectivity index (χ2v) is 6.33. The van der Waals surface area contributed by atoms with E-state index in [4.69, 9.17) is 4.74 Å². The first-order chi connectivity index (χ1) is 7.04. The summed E-state index contributed by atoms with van der Waals surface area (Å²) in [6.07, 6.45) is 0.764. The Hall–Kier alpha value is -0.350. The summed E-state index contributed by atoms with van der Waals surface area (Å²) < 4.78 is 5.91. The zero-order valence-corrected chi connectivity index (χ0v) is 11.5. The number of methoxy groups -OCH3 is 1. The highest BCUT2D eigenvalue weighted by molar-refractivity contribution is 9.11. The lowest BCUT2D eigenvalue weighted by Crippen LogP contribution is -2.23. The van der Waals surface area contributed by atoms with Crippen LogP contribution >= 0.6 is 27.3 Å². The normalized spacial score (nSPS) is 12.9. The fourth-order valence-corrected chi connectivity index (χ4v) is 2.96. The molecule has 0 aliphatic rings. The largest absolute Gasteiger partial charge is 0.469 e. The Balaban J connectivity index is 2.71. The molecule has 1 aromatic rings. The summed E-state index contributed by atoms with van der Waals surface area (Å²) in [5, 5.41) is 0. The zero-order chi connectivity index (χ0) is 11.4. The van der Waals surface area contributed by atoms with E-state index in [1.54, 1.807) is 11.3 Å². The number of halogens is 1. The minimum Gasteiger partial charge on any atom is -0.469 e. The van der Waals surface area contributed by atoms with Gasteiger partial charge in [0.1, 0.15) is 0 Å². The quantitative estimate of drug-likeness (QED) is 0.794. The Bertz CT molecular complexity index is 333. The highest BCUT2D eigenvalue weighted by Gasteiger charge is 2.23. The summed E-state index contributed by atoms with van der Waals surface area (Å²) in [7, 11) is 1.45. The number of rotatable bonds is 4. The van der Waals surface area contributed by atoms with Gasteiger partial charge in [-0.3, -0.25) is 4.79 Å². The number of carbonyl (C=O) groups is 1. The molecule has 0 spiro atoms. The molecule has 1 rings (SSSR count). The molecular weight excluding hydrogens is 276 g/mol. The predicted molar refractivity (Wildman–Crippen MR) is 66.1 cm³/mol. The smallest absolute Gasteiger partial charge is 0.309 e. The molecule has 0 saturated heterocycles. The minimum atomic E-state index is -0.116. The van der Waals surface area contributed by atoms with Crippen LogP contribution in [0.1, 0.15) is 18.7 Å². The van der Waals surface area contributed by atoms with Crippen LogP contribution in [0.3, 0.4) is 0 Å². The van der Waals surface area contributed by atoms with Crippen LogP contribution in [-0.2, 0) is 16.0 Å². The second kappa shape index (κ2) is 5.66. The molecule has 1 atom stereocenters. The molecule has 0 aliphatic heterocycles. The molecule has 0 radical (unpaired) electrons. The molecule has 84 valence electrons. The van der Waals surface area contributed by atoms with Crippen LogP contribution in [-0.4, -0.2) is 13.1 Å². The number of hydrogen-bond acceptors (Lipinski definition) is 3. The monoisotopic (exact) mass is 290 g/mol. The van der Waals surface area contributed by atoms with Crippen molar-refractivity contribution in [3.05, 3.63) is 20.8 Å². The Morgan fingerprint density at radius 2 is 2.20 bits per heavy atom. The molecule has 0 bridgehead atoms. The van der Waals surface area contributed by atoms with Gasteiger partial charge in [0.05, 0.1) is 16.8 Å². The fourth-order valence-electron chi connectivity index (χ4n) is 1.42. The van der Waals surface area contributed by atoms with Crippen LogP contribution < -0.4 is 0 Å². The van der Waals surface area contributed by atoms with Crippen molar-refractivity contribution in [1.82, 2.24) is 0 Å². The topological polar surface area (TPSA) is 26.3 Å². The lowest BCUT2D eigenvalue weighted by molar-refractivity contribution is -0.146. The highest BCUT2D eigenvalue weighted by atomic mass is 79.9. The lowest BCUT2D eigenvalue weighted by Gasteiger charge is -2.17. The maximum absolute atomic E-state index is 11.5. The molecule has 1 aromatic heterocycles. The summed E-state index contributed by atoms with van der Waals surface area (Å²) in [4.78, 5) is 12.7. The number of esters is 1. The van der Waals surface area contributed by atoms with Gasteiger partial charge in [-0.2, -0.15) is 0 Å². The van der Waals surface area contributed by atoms with Gasteiger partial charge < -0.3 is 4.74 Å². The van der Waals surface area contributed by atoms with Crippen LogP contribution in [0.15, 0.2) is 15.9 Å². The Kier molecular flexibility index (Phi) is 4.80. The third-order valence-electron chi connectivity index (χ3n) is 2.36. The average molecular weight is 291 g/mol. The molecule has 0 saturated carbocycles. The van der Waals surface area contributed by atoms with E-state index in [2.05, 4.69) is 15.9 Å². The summed E-state index contributed by atoms with van der Waals surface area (Å²) in [5.41, 5.74) is 0. The van der Waals surface area contributed by atoms with Gasteiger partial charge in [0.25, 0.3) is 0 Å². The van der Waals surface area contributed by atoms with Crippen LogP contribution in [0.2, 0.25) is 0 Å². The molecule has 1 heterocycles. The number of hydrogen-bond donors (Lipinski definition) is 0. The van der Waals surface area contributed by atoms with Gasteiger partial charge in [-0.1, -0.05) is 13.8 Å². The summed E-state index contributed by atoms with van der Waals surface area (Å²) in [6.45, 7) is 4.09. The standard InChI is InChI=1S/C11H15BrO2S/c1-7(2)9(11(13)14-3)6-8-4-5-10(12)15-8/h4-5,7,9H,6H2,1-3H3. The molecule has 0 aromatic carbocycles. The predicted octanol–water partition coefficient (Wildman–Crippen LogP) is 3.50. The number of ether oxygens (including phenoxy) is 1. The molecule has 1 unspecified atom stereocenters. The first-order valence-corrected chi connectivity index (χ1v) is 6.47. The molecule has 15 heavy (non-hydrogen) atoms. The Morgan fingerprint density at radius 3 is 2.60 bits per heavy atom. The average Bonchev–Trinajstić information content (AvgIpc) is 2.59. The van der Waals surface area contributed by atoms with Crippen LogP contribution in [0.25, 0.3) is 0 Å². The van der Waals surface area contributed by atoms with Crippen LogP contribution in [0.4, 0.5) is 0 Å². The van der Waals surface area contributed by atoms with Crippen molar-refractivity contribution in [1.29, 1.82) is 0 Å².